The summed E-state index contributed by atoms with van der Waals surface area (Å²) in [6, 6.07) is 9.80. The molecule has 0 radical (unpaired) electrons. The molecule has 3 aromatic rings. The van der Waals surface area contributed by atoms with E-state index in [1.165, 1.54) is 44.4 Å². The van der Waals surface area contributed by atoms with Gasteiger partial charge in [0, 0.05) is 69.0 Å². The fraction of sp³-hybridized carbons (Fsp3) is 0.370. The van der Waals surface area contributed by atoms with Crippen LogP contribution in [0.1, 0.15) is 40.1 Å². The molecule has 0 unspecified atom stereocenters. The Kier molecular flexibility index (Phi) is 7.12. The number of benzene rings is 2. The lowest BCUT2D eigenvalue weighted by Crippen LogP contribution is -2.57. The number of fused-ring (bicyclic) bond motifs is 1. The van der Waals surface area contributed by atoms with Crippen LogP contribution in [0.4, 0.5) is 4.39 Å². The number of rotatable bonds is 6. The predicted molar refractivity (Wildman–Crippen MR) is 135 cm³/mol. The Balaban J connectivity index is 1.61. The van der Waals surface area contributed by atoms with E-state index in [9.17, 15) is 18.8 Å². The topological polar surface area (TPSA) is 85.9 Å². The van der Waals surface area contributed by atoms with Crippen LogP contribution >= 0.6 is 0 Å². The summed E-state index contributed by atoms with van der Waals surface area (Å²) in [4.78, 5) is 47.0. The van der Waals surface area contributed by atoms with Crippen LogP contribution in [0.25, 0.3) is 10.9 Å². The van der Waals surface area contributed by atoms with Crippen molar-refractivity contribution in [3.63, 3.8) is 0 Å². The van der Waals surface area contributed by atoms with Crippen molar-refractivity contribution in [3.05, 3.63) is 65.1 Å². The molecule has 9 heteroatoms. The molecule has 1 aromatic heterocycles. The van der Waals surface area contributed by atoms with Crippen molar-refractivity contribution >= 4 is 28.5 Å². The van der Waals surface area contributed by atoms with E-state index in [0.29, 0.717) is 41.9 Å². The third-order valence-corrected chi connectivity index (χ3v) is 6.73. The second-order valence-electron chi connectivity index (χ2n) is 9.54. The number of ether oxygens (including phenoxy) is 1. The summed E-state index contributed by atoms with van der Waals surface area (Å²) < 4.78 is 19.2. The van der Waals surface area contributed by atoms with Crippen LogP contribution in [0.15, 0.2) is 42.6 Å². The number of aromatic amines is 1. The van der Waals surface area contributed by atoms with E-state index in [-0.39, 0.29) is 29.4 Å². The van der Waals surface area contributed by atoms with Gasteiger partial charge in [-0.15, -0.1) is 0 Å². The van der Waals surface area contributed by atoms with Crippen molar-refractivity contribution < 1.29 is 23.5 Å². The summed E-state index contributed by atoms with van der Waals surface area (Å²) in [6.45, 7) is 5.72. The molecule has 1 aliphatic heterocycles. The number of hydrogen-bond acceptors (Lipinski definition) is 5. The number of halogens is 1. The van der Waals surface area contributed by atoms with E-state index in [1.807, 2.05) is 19.9 Å². The molecule has 2 amide bonds. The standard InChI is InChI=1S/C27H31FN4O4/c1-16-14-32(17(2)13-31(16)15-18-7-6-8-19(28)9-18)26(34)21-10-20-22(25(33)27(35)30(3)4)12-29-23(20)11-24(21)36-5/h6-12,16-17,29H,13-15H2,1-5H3/t16-,17+/m1/s1. The van der Waals surface area contributed by atoms with Crippen molar-refractivity contribution in [2.45, 2.75) is 32.5 Å². The molecule has 2 aromatic carbocycles. The highest BCUT2D eigenvalue weighted by Gasteiger charge is 2.34. The highest BCUT2D eigenvalue weighted by Crippen LogP contribution is 2.31. The molecular weight excluding hydrogens is 463 g/mol. The molecule has 8 nitrogen and oxygen atoms in total. The first-order valence-corrected chi connectivity index (χ1v) is 11.8. The molecule has 36 heavy (non-hydrogen) atoms. The van der Waals surface area contributed by atoms with Crippen molar-refractivity contribution in [1.82, 2.24) is 19.7 Å². The van der Waals surface area contributed by atoms with Crippen LogP contribution in [0.2, 0.25) is 0 Å². The highest BCUT2D eigenvalue weighted by atomic mass is 19.1. The summed E-state index contributed by atoms with van der Waals surface area (Å²) in [5, 5.41) is 0.491. The molecule has 1 N–H and O–H groups in total. The number of aromatic nitrogens is 1. The lowest BCUT2D eigenvalue weighted by Gasteiger charge is -2.44. The fourth-order valence-corrected chi connectivity index (χ4v) is 4.72. The van der Waals surface area contributed by atoms with E-state index in [4.69, 9.17) is 4.74 Å². The summed E-state index contributed by atoms with van der Waals surface area (Å²) in [6.07, 6.45) is 1.48. The molecule has 2 heterocycles. The van der Waals surface area contributed by atoms with Gasteiger partial charge in [-0.25, -0.2) is 4.39 Å². The van der Waals surface area contributed by atoms with Gasteiger partial charge in [0.2, 0.25) is 0 Å². The second kappa shape index (κ2) is 10.1. The van der Waals surface area contributed by atoms with Crippen molar-refractivity contribution in [2.75, 3.05) is 34.3 Å². The maximum Gasteiger partial charge on any atom is 0.294 e. The third-order valence-electron chi connectivity index (χ3n) is 6.73. The van der Waals surface area contributed by atoms with Gasteiger partial charge in [0.1, 0.15) is 11.6 Å². The molecule has 0 saturated carbocycles. The number of Topliss-reactive ketones (excluding diaryl/α,β-unsaturated/α-hetero) is 1. The van der Waals surface area contributed by atoms with Crippen LogP contribution in [0, 0.1) is 5.82 Å². The van der Waals surface area contributed by atoms with E-state index in [0.717, 1.165) is 5.56 Å². The summed E-state index contributed by atoms with van der Waals surface area (Å²) in [5.41, 5.74) is 2.02. The highest BCUT2D eigenvalue weighted by molar-refractivity contribution is 6.44. The molecular formula is C27H31FN4O4. The van der Waals surface area contributed by atoms with Gasteiger partial charge in [-0.2, -0.15) is 0 Å². The first kappa shape index (κ1) is 25.4. The Morgan fingerprint density at radius 3 is 2.50 bits per heavy atom. The van der Waals surface area contributed by atoms with Crippen molar-refractivity contribution in [2.24, 2.45) is 0 Å². The SMILES string of the molecule is COc1cc2[nH]cc(C(=O)C(=O)N(C)C)c2cc1C(=O)N1C[C@@H](C)N(Cc2cccc(F)c2)C[C@@H]1C. The number of carbonyl (C=O) groups excluding carboxylic acids is 3. The van der Waals surface area contributed by atoms with Crippen LogP contribution in [0.5, 0.6) is 5.75 Å². The maximum absolute atomic E-state index is 13.7. The van der Waals surface area contributed by atoms with Crippen molar-refractivity contribution in [3.8, 4) is 5.75 Å². The molecule has 1 aliphatic rings. The minimum absolute atomic E-state index is 0.0465. The number of piperazine rings is 1. The van der Waals surface area contributed by atoms with Gasteiger partial charge in [0.05, 0.1) is 18.2 Å². The first-order valence-electron chi connectivity index (χ1n) is 11.8. The molecule has 190 valence electrons. The van der Waals surface area contributed by atoms with E-state index in [1.54, 1.807) is 23.1 Å². The van der Waals surface area contributed by atoms with E-state index >= 15 is 0 Å². The first-order chi connectivity index (χ1) is 17.1. The number of nitrogens with one attached hydrogen (secondary N) is 1. The normalized spacial score (nSPS) is 18.3. The molecule has 1 saturated heterocycles. The lowest BCUT2D eigenvalue weighted by atomic mass is 10.0. The molecule has 1 fully saturated rings. The average molecular weight is 495 g/mol. The maximum atomic E-state index is 13.7. The summed E-state index contributed by atoms with van der Waals surface area (Å²) in [5.74, 6) is -1.38. The third kappa shape index (κ3) is 4.83. The van der Waals surface area contributed by atoms with Gasteiger partial charge in [-0.1, -0.05) is 12.1 Å². The second-order valence-corrected chi connectivity index (χ2v) is 9.54. The van der Waals surface area contributed by atoms with E-state index in [2.05, 4.69) is 9.88 Å². The lowest BCUT2D eigenvalue weighted by molar-refractivity contribution is -0.124. The van der Waals surface area contributed by atoms with E-state index < -0.39 is 11.7 Å². The van der Waals surface area contributed by atoms with Crippen LogP contribution in [0.3, 0.4) is 0 Å². The molecule has 4 rings (SSSR count). The average Bonchev–Trinajstić information content (AvgIpc) is 3.26. The molecule has 2 atom stereocenters. The molecule has 0 spiro atoms. The number of amides is 2. The Morgan fingerprint density at radius 2 is 1.83 bits per heavy atom. The largest absolute Gasteiger partial charge is 0.496 e. The fourth-order valence-electron chi connectivity index (χ4n) is 4.72. The Bertz CT molecular complexity index is 1320. The number of H-pyrrole nitrogens is 1. The van der Waals surface area contributed by atoms with Gasteiger partial charge in [0.25, 0.3) is 17.6 Å². The van der Waals surface area contributed by atoms with Gasteiger partial charge in [-0.05, 0) is 37.6 Å². The minimum Gasteiger partial charge on any atom is -0.496 e. The summed E-state index contributed by atoms with van der Waals surface area (Å²) in [7, 11) is 4.53. The zero-order chi connectivity index (χ0) is 26.1. The number of nitrogens with zero attached hydrogens (tertiary/aromatic N) is 3. The zero-order valence-corrected chi connectivity index (χ0v) is 21.2. The van der Waals surface area contributed by atoms with Crippen LogP contribution in [-0.2, 0) is 11.3 Å². The smallest absolute Gasteiger partial charge is 0.294 e. The number of likely N-dealkylation sites (N-methyl/N-ethyl adjacent to an activating group) is 1. The molecule has 0 aliphatic carbocycles. The number of hydrogen-bond donors (Lipinski definition) is 1. The Hall–Kier alpha value is -3.72. The van der Waals surface area contributed by atoms with Crippen molar-refractivity contribution in [1.29, 1.82) is 0 Å². The quantitative estimate of drug-likeness (QED) is 0.420. The Morgan fingerprint density at radius 1 is 1.08 bits per heavy atom. The van der Waals surface area contributed by atoms with Crippen LogP contribution in [-0.4, -0.2) is 83.7 Å². The van der Waals surface area contributed by atoms with Crippen LogP contribution < -0.4 is 4.74 Å². The monoisotopic (exact) mass is 494 g/mol. The van der Waals surface area contributed by atoms with Gasteiger partial charge in [0.15, 0.2) is 0 Å². The van der Waals surface area contributed by atoms with Gasteiger partial charge >= 0.3 is 0 Å². The zero-order valence-electron chi connectivity index (χ0n) is 21.2. The minimum atomic E-state index is -0.650. The van der Waals surface area contributed by atoms with Gasteiger partial charge < -0.3 is 19.5 Å². The number of ketones is 1. The predicted octanol–water partition coefficient (Wildman–Crippen LogP) is 3.32. The number of carbonyl (C=O) groups is 3. The Labute approximate surface area is 209 Å². The van der Waals surface area contributed by atoms with Gasteiger partial charge in [-0.3, -0.25) is 19.3 Å². The molecule has 0 bridgehead atoms. The summed E-state index contributed by atoms with van der Waals surface area (Å²) >= 11 is 0. The number of methoxy groups -OCH3 is 1.